The summed E-state index contributed by atoms with van der Waals surface area (Å²) in [5, 5.41) is 10.1. The standard InChI is InChI=1S/C41H50N4O/c1-39(2,3)27-18-21-43-38(24-27)45-34-13-9-8-12-32(34)33-17-16-30(26-35(33)45)46-31-23-28(40(4,5)6)22-29(25-31)44-37-15-11-20-41(37)19-10-14-36(41)42-7/h8-9,12-13,16-18,21-26,36-37,42,44H,10-11,14-15,19-20H2,1-7H3. The molecule has 0 bridgehead atoms. The van der Waals surface area contributed by atoms with Crippen LogP contribution in [-0.4, -0.2) is 28.7 Å². The Morgan fingerprint density at radius 1 is 0.739 bits per heavy atom. The fraction of sp³-hybridized carbons (Fsp3) is 0.439. The quantitative estimate of drug-likeness (QED) is 0.200. The molecule has 2 aliphatic carbocycles. The summed E-state index contributed by atoms with van der Waals surface area (Å²) in [4.78, 5) is 4.86. The molecule has 46 heavy (non-hydrogen) atoms. The summed E-state index contributed by atoms with van der Waals surface area (Å²) in [6.07, 6.45) is 9.65. The van der Waals surface area contributed by atoms with Crippen molar-refractivity contribution in [3.63, 3.8) is 0 Å². The summed E-state index contributed by atoms with van der Waals surface area (Å²) >= 11 is 0. The number of nitrogens with zero attached hydrogens (tertiary/aromatic N) is 2. The Kier molecular flexibility index (Phi) is 7.67. The van der Waals surface area contributed by atoms with Gasteiger partial charge in [-0.2, -0.15) is 0 Å². The molecule has 2 N–H and O–H groups in total. The molecule has 2 heterocycles. The third kappa shape index (κ3) is 5.47. The van der Waals surface area contributed by atoms with Crippen molar-refractivity contribution in [2.24, 2.45) is 5.41 Å². The molecule has 5 aromatic rings. The lowest BCUT2D eigenvalue weighted by Gasteiger charge is -2.38. The van der Waals surface area contributed by atoms with Crippen molar-refractivity contribution in [3.05, 3.63) is 90.1 Å². The number of fused-ring (bicyclic) bond motifs is 3. The molecule has 0 amide bonds. The smallest absolute Gasteiger partial charge is 0.137 e. The van der Waals surface area contributed by atoms with Crippen LogP contribution in [0.25, 0.3) is 27.6 Å². The molecule has 2 aliphatic rings. The van der Waals surface area contributed by atoms with Crippen molar-refractivity contribution < 1.29 is 4.74 Å². The van der Waals surface area contributed by atoms with Gasteiger partial charge < -0.3 is 15.4 Å². The Morgan fingerprint density at radius 2 is 1.46 bits per heavy atom. The molecule has 2 fully saturated rings. The highest BCUT2D eigenvalue weighted by Crippen LogP contribution is 2.52. The van der Waals surface area contributed by atoms with Crippen LogP contribution in [0.5, 0.6) is 11.5 Å². The van der Waals surface area contributed by atoms with E-state index in [1.807, 2.05) is 6.20 Å². The van der Waals surface area contributed by atoms with E-state index in [0.29, 0.717) is 17.5 Å². The van der Waals surface area contributed by atoms with Gasteiger partial charge in [-0.05, 0) is 97.2 Å². The number of rotatable bonds is 6. The van der Waals surface area contributed by atoms with Crippen LogP contribution in [0, 0.1) is 5.41 Å². The van der Waals surface area contributed by atoms with E-state index in [9.17, 15) is 0 Å². The van der Waals surface area contributed by atoms with Gasteiger partial charge in [0.1, 0.15) is 17.3 Å². The zero-order valence-electron chi connectivity index (χ0n) is 28.7. The molecule has 5 heteroatoms. The first-order valence-electron chi connectivity index (χ1n) is 17.2. The van der Waals surface area contributed by atoms with Crippen molar-refractivity contribution >= 4 is 27.5 Å². The molecule has 3 atom stereocenters. The largest absolute Gasteiger partial charge is 0.457 e. The molecule has 0 aliphatic heterocycles. The molecule has 5 nitrogen and oxygen atoms in total. The average Bonchev–Trinajstić information content (AvgIpc) is 3.71. The number of aromatic nitrogens is 2. The highest BCUT2D eigenvalue weighted by molar-refractivity contribution is 6.09. The molecular weight excluding hydrogens is 564 g/mol. The van der Waals surface area contributed by atoms with Gasteiger partial charge in [-0.1, -0.05) is 72.6 Å². The lowest BCUT2D eigenvalue weighted by molar-refractivity contribution is 0.222. The summed E-state index contributed by atoms with van der Waals surface area (Å²) < 4.78 is 9.05. The molecule has 2 saturated carbocycles. The second kappa shape index (κ2) is 11.5. The Morgan fingerprint density at radius 3 is 2.20 bits per heavy atom. The summed E-state index contributed by atoms with van der Waals surface area (Å²) in [6, 6.07) is 27.3. The Balaban J connectivity index is 1.28. The van der Waals surface area contributed by atoms with Gasteiger partial charge in [0.15, 0.2) is 0 Å². The van der Waals surface area contributed by atoms with E-state index < -0.39 is 0 Å². The number of hydrogen-bond acceptors (Lipinski definition) is 4. The van der Waals surface area contributed by atoms with Crippen molar-refractivity contribution in [2.75, 3.05) is 12.4 Å². The molecule has 3 unspecified atom stereocenters. The van der Waals surface area contributed by atoms with E-state index in [4.69, 9.17) is 9.72 Å². The van der Waals surface area contributed by atoms with E-state index in [0.717, 1.165) is 34.0 Å². The molecule has 240 valence electrons. The van der Waals surface area contributed by atoms with E-state index in [1.54, 1.807) is 0 Å². The summed E-state index contributed by atoms with van der Waals surface area (Å²) in [6.45, 7) is 13.6. The van der Waals surface area contributed by atoms with Gasteiger partial charge in [-0.25, -0.2) is 4.98 Å². The first-order valence-corrected chi connectivity index (χ1v) is 17.2. The topological polar surface area (TPSA) is 51.1 Å². The maximum Gasteiger partial charge on any atom is 0.137 e. The summed E-state index contributed by atoms with van der Waals surface area (Å²) in [7, 11) is 2.15. The monoisotopic (exact) mass is 614 g/mol. The van der Waals surface area contributed by atoms with E-state index in [2.05, 4.69) is 137 Å². The van der Waals surface area contributed by atoms with E-state index in [-0.39, 0.29) is 10.8 Å². The number of ether oxygens (including phenoxy) is 1. The lowest BCUT2D eigenvalue weighted by atomic mass is 9.77. The minimum Gasteiger partial charge on any atom is -0.457 e. The minimum atomic E-state index is -0.00977. The molecule has 2 aromatic heterocycles. The molecule has 1 spiro atoms. The second-order valence-corrected chi connectivity index (χ2v) is 15.8. The highest BCUT2D eigenvalue weighted by Gasteiger charge is 2.50. The van der Waals surface area contributed by atoms with E-state index in [1.165, 1.54) is 60.4 Å². The van der Waals surface area contributed by atoms with Crippen LogP contribution >= 0.6 is 0 Å². The average molecular weight is 615 g/mol. The van der Waals surface area contributed by atoms with Gasteiger partial charge in [0.25, 0.3) is 0 Å². The fourth-order valence-electron chi connectivity index (χ4n) is 8.34. The van der Waals surface area contributed by atoms with Crippen molar-refractivity contribution in [1.29, 1.82) is 0 Å². The SMILES string of the molecule is CNC1CCCC12CCCC2Nc1cc(Oc2ccc3c4ccccc4n(-c4cc(C(C)(C)C)ccn4)c3c2)cc(C(C)(C)C)c1. The fourth-order valence-corrected chi connectivity index (χ4v) is 8.34. The van der Waals surface area contributed by atoms with Crippen LogP contribution in [0.1, 0.15) is 91.2 Å². The van der Waals surface area contributed by atoms with Crippen molar-refractivity contribution in [1.82, 2.24) is 14.9 Å². The summed E-state index contributed by atoms with van der Waals surface area (Å²) in [5.41, 5.74) is 6.29. The zero-order chi connectivity index (χ0) is 32.3. The van der Waals surface area contributed by atoms with Crippen LogP contribution < -0.4 is 15.4 Å². The van der Waals surface area contributed by atoms with Crippen LogP contribution in [0.4, 0.5) is 5.69 Å². The van der Waals surface area contributed by atoms with Gasteiger partial charge in [0.05, 0.1) is 11.0 Å². The third-order valence-electron chi connectivity index (χ3n) is 10.8. The van der Waals surface area contributed by atoms with Gasteiger partial charge >= 0.3 is 0 Å². The van der Waals surface area contributed by atoms with Crippen LogP contribution in [-0.2, 0) is 10.8 Å². The summed E-state index contributed by atoms with van der Waals surface area (Å²) in [5.74, 6) is 2.62. The maximum atomic E-state index is 6.77. The van der Waals surface area contributed by atoms with E-state index >= 15 is 0 Å². The Bertz CT molecular complexity index is 1890. The van der Waals surface area contributed by atoms with Crippen molar-refractivity contribution in [2.45, 2.75) is 103 Å². The Labute approximate surface area is 274 Å². The van der Waals surface area contributed by atoms with Gasteiger partial charge in [-0.3, -0.25) is 4.57 Å². The van der Waals surface area contributed by atoms with Crippen molar-refractivity contribution in [3.8, 4) is 17.3 Å². The molecular formula is C41H50N4O. The predicted molar refractivity (Wildman–Crippen MR) is 193 cm³/mol. The van der Waals surface area contributed by atoms with Gasteiger partial charge in [-0.15, -0.1) is 0 Å². The predicted octanol–water partition coefficient (Wildman–Crippen LogP) is 10.3. The Hall–Kier alpha value is -3.83. The number of pyridine rings is 1. The number of anilines is 1. The minimum absolute atomic E-state index is 0.00977. The zero-order valence-corrected chi connectivity index (χ0v) is 28.7. The normalized spacial score (nSPS) is 21.9. The lowest BCUT2D eigenvalue weighted by Crippen LogP contribution is -2.47. The second-order valence-electron chi connectivity index (χ2n) is 15.8. The number of benzene rings is 3. The molecule has 3 aromatic carbocycles. The van der Waals surface area contributed by atoms with Gasteiger partial charge in [0, 0.05) is 52.3 Å². The molecule has 0 radical (unpaired) electrons. The first-order chi connectivity index (χ1) is 22.0. The van der Waals surface area contributed by atoms with Crippen LogP contribution in [0.3, 0.4) is 0 Å². The number of para-hydroxylation sites is 1. The van der Waals surface area contributed by atoms with Crippen LogP contribution in [0.15, 0.2) is 79.0 Å². The molecule has 7 rings (SSSR count). The number of nitrogens with one attached hydrogen (secondary N) is 2. The third-order valence-corrected chi connectivity index (χ3v) is 10.8. The van der Waals surface area contributed by atoms with Gasteiger partial charge in [0.2, 0.25) is 0 Å². The highest BCUT2D eigenvalue weighted by atomic mass is 16.5. The maximum absolute atomic E-state index is 6.77. The van der Waals surface area contributed by atoms with Crippen LogP contribution in [0.2, 0.25) is 0 Å². The molecule has 0 saturated heterocycles. The first kappa shape index (κ1) is 30.8. The number of hydrogen-bond donors (Lipinski definition) is 2.